The molecule has 1 N–H and O–H groups in total. The number of pyridine rings is 1. The van der Waals surface area contributed by atoms with Crippen molar-refractivity contribution < 1.29 is 0 Å². The van der Waals surface area contributed by atoms with Crippen molar-refractivity contribution in [3.05, 3.63) is 36.8 Å². The quantitative estimate of drug-likeness (QED) is 0.853. The fourth-order valence-corrected chi connectivity index (χ4v) is 1.43. The minimum atomic E-state index is 0.602. The lowest BCUT2D eigenvalue weighted by molar-refractivity contribution is 0.687. The first-order chi connectivity index (χ1) is 7.77. The Kier molecular flexibility index (Phi) is 3.19. The van der Waals surface area contributed by atoms with Gasteiger partial charge in [0.15, 0.2) is 5.82 Å². The van der Waals surface area contributed by atoms with E-state index in [1.165, 1.54) is 0 Å². The third-order valence-corrected chi connectivity index (χ3v) is 2.21. The molecule has 0 bridgehead atoms. The molecule has 0 radical (unpaired) electrons. The van der Waals surface area contributed by atoms with Gasteiger partial charge in [-0.25, -0.2) is 9.67 Å². The topological polar surface area (TPSA) is 42.7 Å². The Morgan fingerprint density at radius 1 is 1.31 bits per heavy atom. The molecule has 0 aliphatic carbocycles. The predicted molar refractivity (Wildman–Crippen MR) is 64.7 cm³/mol. The van der Waals surface area contributed by atoms with Crippen molar-refractivity contribution >= 4 is 5.69 Å². The lowest BCUT2D eigenvalue weighted by Crippen LogP contribution is -2.11. The molecule has 0 fully saturated rings. The Balaban J connectivity index is 2.24. The van der Waals surface area contributed by atoms with Crippen molar-refractivity contribution in [3.63, 3.8) is 0 Å². The molecule has 0 atom stereocenters. The SMILES string of the molecule is CC(C)CNc1cccnc1-n1cccn1. The van der Waals surface area contributed by atoms with Crippen molar-refractivity contribution in [3.8, 4) is 5.82 Å². The zero-order chi connectivity index (χ0) is 11.4. The molecule has 0 spiro atoms. The van der Waals surface area contributed by atoms with Crippen LogP contribution in [0.15, 0.2) is 36.8 Å². The molecule has 0 unspecified atom stereocenters. The molecule has 0 aromatic carbocycles. The van der Waals surface area contributed by atoms with Gasteiger partial charge in [-0.15, -0.1) is 0 Å². The molecule has 2 rings (SSSR count). The van der Waals surface area contributed by atoms with Crippen LogP contribution in [0.5, 0.6) is 0 Å². The maximum absolute atomic E-state index is 4.34. The van der Waals surface area contributed by atoms with Gasteiger partial charge in [-0.3, -0.25) is 0 Å². The molecular formula is C12H16N4. The van der Waals surface area contributed by atoms with Gasteiger partial charge >= 0.3 is 0 Å². The Hall–Kier alpha value is -1.84. The van der Waals surface area contributed by atoms with E-state index in [1.54, 1.807) is 17.1 Å². The summed E-state index contributed by atoms with van der Waals surface area (Å²) in [5.41, 5.74) is 1.01. The largest absolute Gasteiger partial charge is 0.382 e. The van der Waals surface area contributed by atoms with E-state index >= 15 is 0 Å². The van der Waals surface area contributed by atoms with Crippen LogP contribution >= 0.6 is 0 Å². The first kappa shape index (κ1) is 10.7. The summed E-state index contributed by atoms with van der Waals surface area (Å²) in [7, 11) is 0. The summed E-state index contributed by atoms with van der Waals surface area (Å²) in [6.07, 6.45) is 5.42. The molecule has 4 heteroatoms. The summed E-state index contributed by atoms with van der Waals surface area (Å²) in [6, 6.07) is 5.84. The standard InChI is InChI=1S/C12H16N4/c1-10(2)9-14-11-5-3-6-13-12(11)16-8-4-7-15-16/h3-8,10,14H,9H2,1-2H3. The van der Waals surface area contributed by atoms with Crippen molar-refractivity contribution in [1.82, 2.24) is 14.8 Å². The molecule has 0 aliphatic rings. The van der Waals surface area contributed by atoms with E-state index in [-0.39, 0.29) is 0 Å². The second-order valence-corrected chi connectivity index (χ2v) is 4.10. The first-order valence-corrected chi connectivity index (χ1v) is 5.46. The Labute approximate surface area is 95.3 Å². The molecule has 2 heterocycles. The second kappa shape index (κ2) is 4.79. The second-order valence-electron chi connectivity index (χ2n) is 4.10. The highest BCUT2D eigenvalue weighted by atomic mass is 15.3. The van der Waals surface area contributed by atoms with Gasteiger partial charge in [-0.2, -0.15) is 5.10 Å². The van der Waals surface area contributed by atoms with Gasteiger partial charge in [-0.05, 0) is 24.1 Å². The molecule has 0 saturated carbocycles. The minimum Gasteiger partial charge on any atom is -0.382 e. The van der Waals surface area contributed by atoms with Crippen LogP contribution in [0.1, 0.15) is 13.8 Å². The zero-order valence-electron chi connectivity index (χ0n) is 9.59. The smallest absolute Gasteiger partial charge is 0.176 e. The molecule has 0 aliphatic heterocycles. The molecule has 0 saturated heterocycles. The maximum Gasteiger partial charge on any atom is 0.176 e. The summed E-state index contributed by atoms with van der Waals surface area (Å²) < 4.78 is 1.77. The van der Waals surface area contributed by atoms with Crippen LogP contribution in [0.4, 0.5) is 5.69 Å². The third kappa shape index (κ3) is 2.39. The molecule has 16 heavy (non-hydrogen) atoms. The first-order valence-electron chi connectivity index (χ1n) is 5.46. The van der Waals surface area contributed by atoms with E-state index in [0.717, 1.165) is 18.1 Å². The van der Waals surface area contributed by atoms with Crippen molar-refractivity contribution in [1.29, 1.82) is 0 Å². The molecule has 84 valence electrons. The summed E-state index contributed by atoms with van der Waals surface area (Å²) in [4.78, 5) is 4.34. The molecule has 2 aromatic heterocycles. The number of nitrogens with one attached hydrogen (secondary N) is 1. The third-order valence-electron chi connectivity index (χ3n) is 2.21. The normalized spacial score (nSPS) is 10.7. The van der Waals surface area contributed by atoms with Gasteiger partial charge in [0.25, 0.3) is 0 Å². The number of rotatable bonds is 4. The summed E-state index contributed by atoms with van der Waals surface area (Å²) in [5.74, 6) is 1.44. The van der Waals surface area contributed by atoms with E-state index in [1.807, 2.05) is 24.4 Å². The Morgan fingerprint density at radius 2 is 2.19 bits per heavy atom. The fourth-order valence-electron chi connectivity index (χ4n) is 1.43. The monoisotopic (exact) mass is 216 g/mol. The van der Waals surface area contributed by atoms with Crippen LogP contribution in [-0.2, 0) is 0 Å². The van der Waals surface area contributed by atoms with E-state index in [9.17, 15) is 0 Å². The molecule has 0 amide bonds. The van der Waals surface area contributed by atoms with Crippen molar-refractivity contribution in [2.45, 2.75) is 13.8 Å². The van der Waals surface area contributed by atoms with Gasteiger partial charge in [0.05, 0.1) is 5.69 Å². The highest BCUT2D eigenvalue weighted by Gasteiger charge is 2.05. The van der Waals surface area contributed by atoms with Crippen molar-refractivity contribution in [2.24, 2.45) is 5.92 Å². The predicted octanol–water partition coefficient (Wildman–Crippen LogP) is 2.34. The Morgan fingerprint density at radius 3 is 2.88 bits per heavy atom. The molecule has 2 aromatic rings. The van der Waals surface area contributed by atoms with Crippen LogP contribution in [-0.4, -0.2) is 21.3 Å². The van der Waals surface area contributed by atoms with Crippen LogP contribution in [0.3, 0.4) is 0 Å². The zero-order valence-corrected chi connectivity index (χ0v) is 9.59. The van der Waals surface area contributed by atoms with Gasteiger partial charge < -0.3 is 5.32 Å². The Bertz CT molecular complexity index is 434. The number of aromatic nitrogens is 3. The maximum atomic E-state index is 4.34. The number of nitrogens with zero attached hydrogens (tertiary/aromatic N) is 3. The van der Waals surface area contributed by atoms with Gasteiger partial charge in [-0.1, -0.05) is 13.8 Å². The summed E-state index contributed by atoms with van der Waals surface area (Å²) in [6.45, 7) is 5.29. The van der Waals surface area contributed by atoms with E-state index < -0.39 is 0 Å². The van der Waals surface area contributed by atoms with Crippen LogP contribution in [0, 0.1) is 5.92 Å². The lowest BCUT2D eigenvalue weighted by Gasteiger charge is -2.12. The highest BCUT2D eigenvalue weighted by molar-refractivity contribution is 5.56. The fraction of sp³-hybridized carbons (Fsp3) is 0.333. The summed E-state index contributed by atoms with van der Waals surface area (Å²) >= 11 is 0. The average Bonchev–Trinajstić information content (AvgIpc) is 2.80. The molecular weight excluding hydrogens is 200 g/mol. The van der Waals surface area contributed by atoms with Gasteiger partial charge in [0.2, 0.25) is 0 Å². The van der Waals surface area contributed by atoms with E-state index in [4.69, 9.17) is 0 Å². The minimum absolute atomic E-state index is 0.602. The molecule has 4 nitrogen and oxygen atoms in total. The van der Waals surface area contributed by atoms with Crippen LogP contribution in [0.25, 0.3) is 5.82 Å². The van der Waals surface area contributed by atoms with Crippen LogP contribution < -0.4 is 5.32 Å². The van der Waals surface area contributed by atoms with Crippen LogP contribution in [0.2, 0.25) is 0 Å². The van der Waals surface area contributed by atoms with Gasteiger partial charge in [0, 0.05) is 25.1 Å². The number of anilines is 1. The number of hydrogen-bond acceptors (Lipinski definition) is 3. The highest BCUT2D eigenvalue weighted by Crippen LogP contribution is 2.16. The number of hydrogen-bond donors (Lipinski definition) is 1. The van der Waals surface area contributed by atoms with Crippen molar-refractivity contribution in [2.75, 3.05) is 11.9 Å². The lowest BCUT2D eigenvalue weighted by atomic mass is 10.2. The van der Waals surface area contributed by atoms with Gasteiger partial charge in [0.1, 0.15) is 0 Å². The van der Waals surface area contributed by atoms with E-state index in [2.05, 4.69) is 29.2 Å². The van der Waals surface area contributed by atoms with E-state index in [0.29, 0.717) is 5.92 Å². The summed E-state index contributed by atoms with van der Waals surface area (Å²) in [5, 5.41) is 7.57. The average molecular weight is 216 g/mol.